The molecule has 0 atom stereocenters. The number of carbonyl (C=O) groups is 1. The van der Waals surface area contributed by atoms with E-state index < -0.39 is 0 Å². The molecule has 1 amide bonds. The van der Waals surface area contributed by atoms with E-state index in [4.69, 9.17) is 11.6 Å². The Morgan fingerprint density at radius 1 is 1.04 bits per heavy atom. The number of hydrogen-bond donors (Lipinski definition) is 2. The maximum absolute atomic E-state index is 13.1. The van der Waals surface area contributed by atoms with E-state index in [1.807, 2.05) is 24.3 Å². The van der Waals surface area contributed by atoms with Crippen LogP contribution < -0.4 is 10.6 Å². The predicted molar refractivity (Wildman–Crippen MR) is 102 cm³/mol. The summed E-state index contributed by atoms with van der Waals surface area (Å²) in [7, 11) is 0. The fourth-order valence-electron chi connectivity index (χ4n) is 2.40. The lowest BCUT2D eigenvalue weighted by Gasteiger charge is -2.08. The topological polar surface area (TPSA) is 54.0 Å². The van der Waals surface area contributed by atoms with E-state index in [2.05, 4.69) is 15.6 Å². The first-order valence-electron chi connectivity index (χ1n) is 8.07. The van der Waals surface area contributed by atoms with E-state index in [9.17, 15) is 9.18 Å². The van der Waals surface area contributed by atoms with Crippen LogP contribution in [-0.4, -0.2) is 10.9 Å². The highest BCUT2D eigenvalue weighted by atomic mass is 35.5. The van der Waals surface area contributed by atoms with Crippen molar-refractivity contribution in [2.45, 2.75) is 13.0 Å². The summed E-state index contributed by atoms with van der Waals surface area (Å²) in [5.74, 6) is 0.121. The second-order valence-electron chi connectivity index (χ2n) is 5.77. The van der Waals surface area contributed by atoms with E-state index in [0.717, 1.165) is 5.56 Å². The Morgan fingerprint density at radius 2 is 1.85 bits per heavy atom. The number of halogens is 2. The molecule has 0 aliphatic heterocycles. The zero-order valence-electron chi connectivity index (χ0n) is 13.9. The number of amides is 1. The molecule has 26 heavy (non-hydrogen) atoms. The number of pyridine rings is 1. The van der Waals surface area contributed by atoms with Crippen molar-refractivity contribution in [3.63, 3.8) is 0 Å². The molecule has 0 unspecified atom stereocenters. The predicted octanol–water partition coefficient (Wildman–Crippen LogP) is 4.67. The highest BCUT2D eigenvalue weighted by Gasteiger charge is 2.05. The van der Waals surface area contributed by atoms with Crippen molar-refractivity contribution in [2.24, 2.45) is 0 Å². The van der Waals surface area contributed by atoms with Gasteiger partial charge in [-0.15, -0.1) is 0 Å². The van der Waals surface area contributed by atoms with Crippen molar-refractivity contribution >= 4 is 29.0 Å². The molecule has 0 spiro atoms. The molecule has 0 saturated heterocycles. The van der Waals surface area contributed by atoms with Crippen molar-refractivity contribution in [3.8, 4) is 0 Å². The van der Waals surface area contributed by atoms with Gasteiger partial charge in [0.15, 0.2) is 0 Å². The molecule has 0 fully saturated rings. The van der Waals surface area contributed by atoms with Crippen LogP contribution in [0.5, 0.6) is 0 Å². The summed E-state index contributed by atoms with van der Waals surface area (Å²) in [5.41, 5.74) is 2.30. The lowest BCUT2D eigenvalue weighted by Crippen LogP contribution is -2.14. The molecule has 1 heterocycles. The number of nitrogens with one attached hydrogen (secondary N) is 2. The zero-order valence-corrected chi connectivity index (χ0v) is 14.6. The third kappa shape index (κ3) is 5.29. The van der Waals surface area contributed by atoms with Gasteiger partial charge in [0.25, 0.3) is 0 Å². The monoisotopic (exact) mass is 369 g/mol. The minimum Gasteiger partial charge on any atom is -0.366 e. The lowest BCUT2D eigenvalue weighted by atomic mass is 10.1. The van der Waals surface area contributed by atoms with Gasteiger partial charge in [0.2, 0.25) is 5.91 Å². The summed E-state index contributed by atoms with van der Waals surface area (Å²) in [6.07, 6.45) is 1.68. The van der Waals surface area contributed by atoms with Gasteiger partial charge in [-0.3, -0.25) is 4.79 Å². The lowest BCUT2D eigenvalue weighted by molar-refractivity contribution is -0.115. The Bertz CT molecular complexity index is 882. The van der Waals surface area contributed by atoms with Gasteiger partial charge >= 0.3 is 0 Å². The molecule has 2 aromatic carbocycles. The first-order chi connectivity index (χ1) is 12.6. The van der Waals surface area contributed by atoms with Crippen LogP contribution in [0.1, 0.15) is 11.1 Å². The summed E-state index contributed by atoms with van der Waals surface area (Å²) < 4.78 is 13.1. The Kier molecular flexibility index (Phi) is 5.81. The molecule has 132 valence electrons. The number of aromatic nitrogens is 1. The summed E-state index contributed by atoms with van der Waals surface area (Å²) >= 11 is 5.86. The molecular weight excluding hydrogens is 353 g/mol. The number of carbonyl (C=O) groups excluding carboxylic acids is 1. The molecule has 3 rings (SSSR count). The molecule has 0 aliphatic carbocycles. The molecule has 6 heteroatoms. The number of benzene rings is 2. The van der Waals surface area contributed by atoms with Gasteiger partial charge < -0.3 is 10.6 Å². The van der Waals surface area contributed by atoms with Gasteiger partial charge in [-0.05, 0) is 47.5 Å². The van der Waals surface area contributed by atoms with Crippen LogP contribution in [-0.2, 0) is 17.8 Å². The van der Waals surface area contributed by atoms with Crippen LogP contribution in [0.25, 0.3) is 0 Å². The molecule has 3 aromatic rings. The van der Waals surface area contributed by atoms with Crippen LogP contribution in [0.15, 0.2) is 66.9 Å². The van der Waals surface area contributed by atoms with Gasteiger partial charge in [0.1, 0.15) is 11.6 Å². The largest absolute Gasteiger partial charge is 0.366 e. The van der Waals surface area contributed by atoms with E-state index in [1.165, 1.54) is 12.1 Å². The second kappa shape index (κ2) is 8.45. The molecule has 1 aromatic heterocycles. The molecule has 2 N–H and O–H groups in total. The summed E-state index contributed by atoms with van der Waals surface area (Å²) in [6.45, 7) is 0.620. The van der Waals surface area contributed by atoms with Crippen molar-refractivity contribution in [1.29, 1.82) is 0 Å². The number of nitrogens with zero attached hydrogens (tertiary/aromatic N) is 1. The first kappa shape index (κ1) is 17.9. The fraction of sp³-hybridized carbons (Fsp3) is 0.100. The maximum Gasteiger partial charge on any atom is 0.228 e. The number of rotatable bonds is 6. The summed E-state index contributed by atoms with van der Waals surface area (Å²) in [4.78, 5) is 16.3. The van der Waals surface area contributed by atoms with Crippen molar-refractivity contribution in [2.75, 3.05) is 10.6 Å². The SMILES string of the molecule is O=C(Cc1cccc(F)c1)Nc1ccc(NCc2ccc(Cl)cc2)nc1. The summed E-state index contributed by atoms with van der Waals surface area (Å²) in [5, 5.41) is 6.65. The van der Waals surface area contributed by atoms with Gasteiger partial charge in [-0.2, -0.15) is 0 Å². The van der Waals surface area contributed by atoms with Gasteiger partial charge in [0.05, 0.1) is 18.3 Å². The van der Waals surface area contributed by atoms with Crippen molar-refractivity contribution in [1.82, 2.24) is 4.98 Å². The van der Waals surface area contributed by atoms with Crippen molar-refractivity contribution < 1.29 is 9.18 Å². The average Bonchev–Trinajstić information content (AvgIpc) is 2.62. The van der Waals surface area contributed by atoms with Crippen LogP contribution in [0.4, 0.5) is 15.9 Å². The molecule has 0 bridgehead atoms. The minimum absolute atomic E-state index is 0.105. The van der Waals surface area contributed by atoms with Gasteiger partial charge in [-0.1, -0.05) is 35.9 Å². The van der Waals surface area contributed by atoms with Crippen LogP contribution >= 0.6 is 11.6 Å². The van der Waals surface area contributed by atoms with Crippen molar-refractivity contribution in [3.05, 3.63) is 88.8 Å². The third-order valence-electron chi connectivity index (χ3n) is 3.69. The number of anilines is 2. The van der Waals surface area contributed by atoms with E-state index in [1.54, 1.807) is 30.5 Å². The van der Waals surface area contributed by atoms with E-state index >= 15 is 0 Å². The highest BCUT2D eigenvalue weighted by molar-refractivity contribution is 6.30. The second-order valence-corrected chi connectivity index (χ2v) is 6.20. The molecule has 0 saturated carbocycles. The van der Waals surface area contributed by atoms with Gasteiger partial charge in [-0.25, -0.2) is 9.37 Å². The fourth-order valence-corrected chi connectivity index (χ4v) is 2.53. The van der Waals surface area contributed by atoms with Gasteiger partial charge in [0, 0.05) is 11.6 Å². The van der Waals surface area contributed by atoms with E-state index in [0.29, 0.717) is 28.6 Å². The Hall–Kier alpha value is -2.92. The Morgan fingerprint density at radius 3 is 2.54 bits per heavy atom. The Labute approximate surface area is 156 Å². The Balaban J connectivity index is 1.52. The quantitative estimate of drug-likeness (QED) is 0.664. The van der Waals surface area contributed by atoms with Crippen LogP contribution in [0, 0.1) is 5.82 Å². The highest BCUT2D eigenvalue weighted by Crippen LogP contribution is 2.14. The normalized spacial score (nSPS) is 10.4. The molecule has 0 aliphatic rings. The maximum atomic E-state index is 13.1. The smallest absolute Gasteiger partial charge is 0.228 e. The first-order valence-corrected chi connectivity index (χ1v) is 8.45. The third-order valence-corrected chi connectivity index (χ3v) is 3.94. The van der Waals surface area contributed by atoms with Crippen LogP contribution in [0.3, 0.4) is 0 Å². The average molecular weight is 370 g/mol. The minimum atomic E-state index is -0.354. The summed E-state index contributed by atoms with van der Waals surface area (Å²) in [6, 6.07) is 17.1. The molecule has 0 radical (unpaired) electrons. The van der Waals surface area contributed by atoms with Crippen LogP contribution in [0.2, 0.25) is 5.02 Å². The zero-order chi connectivity index (χ0) is 18.4. The van der Waals surface area contributed by atoms with E-state index in [-0.39, 0.29) is 18.1 Å². The molecule has 4 nitrogen and oxygen atoms in total. The molecular formula is C20H17ClFN3O. The number of hydrogen-bond acceptors (Lipinski definition) is 3. The standard InChI is InChI=1S/C20H17ClFN3O/c21-16-6-4-14(5-7-16)12-23-19-9-8-18(13-24-19)25-20(26)11-15-2-1-3-17(22)10-15/h1-10,13H,11-12H2,(H,23,24)(H,25,26).